The van der Waals surface area contributed by atoms with Crippen molar-refractivity contribution in [2.45, 2.75) is 56.3 Å². The van der Waals surface area contributed by atoms with E-state index in [4.69, 9.17) is 11.5 Å². The molecule has 15 heteroatoms. The molecule has 0 aliphatic rings. The first-order chi connectivity index (χ1) is 17.2. The predicted octanol–water partition coefficient (Wildman–Crippen LogP) is -2.16. The van der Waals surface area contributed by atoms with E-state index in [0.29, 0.717) is 30.8 Å². The van der Waals surface area contributed by atoms with E-state index >= 15 is 0 Å². The van der Waals surface area contributed by atoms with Gasteiger partial charge in [-0.25, -0.2) is 14.8 Å². The maximum atomic E-state index is 13.0. The number of carbonyl (C=O) groups is 4. The Labute approximate surface area is 213 Å². The number of nitrogens with zero attached hydrogens (tertiary/aromatic N) is 2. The van der Waals surface area contributed by atoms with E-state index in [1.807, 2.05) is 0 Å². The van der Waals surface area contributed by atoms with Gasteiger partial charge in [0.25, 0.3) is 0 Å². The van der Waals surface area contributed by atoms with Crippen molar-refractivity contribution in [3.8, 4) is 0 Å². The number of unbranched alkanes of at least 4 members (excludes halogenated alkanes) is 1. The van der Waals surface area contributed by atoms with Crippen LogP contribution < -0.4 is 27.4 Å². The molecule has 2 heterocycles. The molecule has 2 rings (SSSR count). The van der Waals surface area contributed by atoms with E-state index in [2.05, 4.69) is 48.5 Å². The Bertz CT molecular complexity index is 971. The van der Waals surface area contributed by atoms with Crippen molar-refractivity contribution < 1.29 is 24.3 Å². The third-order valence-corrected chi connectivity index (χ3v) is 5.69. The van der Waals surface area contributed by atoms with Gasteiger partial charge in [-0.05, 0) is 25.8 Å². The zero-order valence-corrected chi connectivity index (χ0v) is 20.5. The number of thiol groups is 1. The summed E-state index contributed by atoms with van der Waals surface area (Å²) in [5.41, 5.74) is 12.6. The van der Waals surface area contributed by atoms with E-state index in [-0.39, 0.29) is 25.0 Å². The number of carboxylic acid groups (broad SMARTS) is 1. The number of amides is 3. The number of hydrogen-bond donors (Lipinski definition) is 9. The first-order valence-corrected chi connectivity index (χ1v) is 12.0. The maximum Gasteiger partial charge on any atom is 0.326 e. The van der Waals surface area contributed by atoms with Crippen LogP contribution >= 0.6 is 12.6 Å². The highest BCUT2D eigenvalue weighted by Gasteiger charge is 2.30. The molecule has 10 N–H and O–H groups in total. The normalized spacial score (nSPS) is 14.3. The predicted molar refractivity (Wildman–Crippen MR) is 133 cm³/mol. The first kappa shape index (κ1) is 28.8. The van der Waals surface area contributed by atoms with Gasteiger partial charge >= 0.3 is 5.97 Å². The second kappa shape index (κ2) is 14.9. The van der Waals surface area contributed by atoms with Crippen molar-refractivity contribution in [2.75, 3.05) is 12.3 Å². The van der Waals surface area contributed by atoms with Crippen molar-refractivity contribution in [1.82, 2.24) is 35.9 Å². The van der Waals surface area contributed by atoms with Gasteiger partial charge in [0.1, 0.15) is 18.1 Å². The molecule has 0 aromatic carbocycles. The summed E-state index contributed by atoms with van der Waals surface area (Å²) in [7, 11) is 0. The van der Waals surface area contributed by atoms with E-state index in [9.17, 15) is 24.3 Å². The molecule has 0 radical (unpaired) electrons. The van der Waals surface area contributed by atoms with Crippen molar-refractivity contribution in [3.63, 3.8) is 0 Å². The monoisotopic (exact) mass is 523 g/mol. The second-order valence-corrected chi connectivity index (χ2v) is 8.52. The molecule has 3 amide bonds. The Hall–Kier alpha value is -3.43. The summed E-state index contributed by atoms with van der Waals surface area (Å²) < 4.78 is 0. The number of H-pyrrole nitrogens is 2. The van der Waals surface area contributed by atoms with Gasteiger partial charge in [0.15, 0.2) is 0 Å². The van der Waals surface area contributed by atoms with Gasteiger partial charge in [-0.2, -0.15) is 12.6 Å². The lowest BCUT2D eigenvalue weighted by atomic mass is 10.1. The smallest absolute Gasteiger partial charge is 0.326 e. The average Bonchev–Trinajstić information content (AvgIpc) is 3.55. The Morgan fingerprint density at radius 2 is 1.44 bits per heavy atom. The molecule has 0 bridgehead atoms. The summed E-state index contributed by atoms with van der Waals surface area (Å²) in [5, 5.41) is 17.1. The zero-order chi connectivity index (χ0) is 26.5. The molecule has 198 valence electrons. The molecule has 0 aliphatic carbocycles. The summed E-state index contributed by atoms with van der Waals surface area (Å²) in [5.74, 6) is -3.22. The van der Waals surface area contributed by atoms with Gasteiger partial charge in [-0.15, -0.1) is 0 Å². The van der Waals surface area contributed by atoms with Crippen LogP contribution in [0.2, 0.25) is 0 Å². The van der Waals surface area contributed by atoms with Gasteiger partial charge in [-0.1, -0.05) is 0 Å². The molecule has 36 heavy (non-hydrogen) atoms. The van der Waals surface area contributed by atoms with Crippen LogP contribution in [-0.2, 0) is 32.0 Å². The maximum absolute atomic E-state index is 13.0. The number of carbonyl (C=O) groups excluding carboxylic acids is 3. The van der Waals surface area contributed by atoms with Crippen LogP contribution in [0.3, 0.4) is 0 Å². The van der Waals surface area contributed by atoms with Crippen molar-refractivity contribution in [3.05, 3.63) is 36.4 Å². The Kier molecular flexibility index (Phi) is 11.9. The molecule has 4 atom stereocenters. The number of hydrogen-bond acceptors (Lipinski definition) is 9. The third-order valence-electron chi connectivity index (χ3n) is 5.32. The van der Waals surface area contributed by atoms with Crippen LogP contribution in [0.15, 0.2) is 25.0 Å². The average molecular weight is 524 g/mol. The highest BCUT2D eigenvalue weighted by molar-refractivity contribution is 7.80. The van der Waals surface area contributed by atoms with Crippen LogP contribution in [0, 0.1) is 0 Å². The number of nitrogens with one attached hydrogen (secondary N) is 5. The minimum Gasteiger partial charge on any atom is -0.480 e. The molecular weight excluding hydrogens is 490 g/mol. The number of imidazole rings is 2. The van der Waals surface area contributed by atoms with Crippen LogP contribution in [-0.4, -0.2) is 85.2 Å². The van der Waals surface area contributed by atoms with Crippen molar-refractivity contribution in [1.29, 1.82) is 0 Å². The first-order valence-electron chi connectivity index (χ1n) is 11.4. The zero-order valence-electron chi connectivity index (χ0n) is 19.6. The molecule has 0 saturated carbocycles. The van der Waals surface area contributed by atoms with Gasteiger partial charge in [-0.3, -0.25) is 14.4 Å². The Morgan fingerprint density at radius 3 is 1.97 bits per heavy atom. The number of aromatic amines is 2. The number of aromatic nitrogens is 4. The fraction of sp³-hybridized carbons (Fsp3) is 0.524. The molecule has 0 spiro atoms. The third kappa shape index (κ3) is 9.31. The highest BCUT2D eigenvalue weighted by Crippen LogP contribution is 2.05. The molecule has 14 nitrogen and oxygen atoms in total. The van der Waals surface area contributed by atoms with E-state index < -0.39 is 47.9 Å². The SMILES string of the molecule is NCCCCC(NC(=O)C(Cc1cnc[nH]1)NC(=O)C(CS)NC(=O)C(N)Cc1cnc[nH]1)C(=O)O. The van der Waals surface area contributed by atoms with E-state index in [1.54, 1.807) is 0 Å². The number of rotatable bonds is 16. The molecule has 2 aromatic heterocycles. The van der Waals surface area contributed by atoms with Crippen molar-refractivity contribution >= 4 is 36.3 Å². The van der Waals surface area contributed by atoms with Crippen molar-refractivity contribution in [2.24, 2.45) is 11.5 Å². The Balaban J connectivity index is 2.06. The van der Waals surface area contributed by atoms with Gasteiger partial charge in [0.2, 0.25) is 17.7 Å². The van der Waals surface area contributed by atoms with Crippen LogP contribution in [0.1, 0.15) is 30.7 Å². The van der Waals surface area contributed by atoms with Gasteiger partial charge < -0.3 is 42.5 Å². The standard InChI is InChI=1S/C21H33N9O5S/c22-4-2-1-3-15(21(34)35)28-19(32)16(6-13-8-25-11-27-13)29-20(33)17(9-36)30-18(31)14(23)5-12-7-24-10-26-12/h7-8,10-11,14-17,36H,1-6,9,22-23H2,(H,24,26)(H,25,27)(H,28,32)(H,29,33)(H,30,31)(H,34,35). The van der Waals surface area contributed by atoms with Crippen LogP contribution in [0.25, 0.3) is 0 Å². The highest BCUT2D eigenvalue weighted by atomic mass is 32.1. The lowest BCUT2D eigenvalue weighted by Gasteiger charge is -2.24. The second-order valence-electron chi connectivity index (χ2n) is 8.16. The lowest BCUT2D eigenvalue weighted by molar-refractivity contribution is -0.142. The topological polar surface area (TPSA) is 234 Å². The van der Waals surface area contributed by atoms with E-state index in [1.165, 1.54) is 25.0 Å². The lowest BCUT2D eigenvalue weighted by Crippen LogP contribution is -2.58. The van der Waals surface area contributed by atoms with Crippen LogP contribution in [0.5, 0.6) is 0 Å². The summed E-state index contributed by atoms with van der Waals surface area (Å²) >= 11 is 4.14. The summed E-state index contributed by atoms with van der Waals surface area (Å²) in [6, 6.07) is -4.33. The minimum absolute atomic E-state index is 0.0132. The number of nitrogens with two attached hydrogens (primary N) is 2. The Morgan fingerprint density at radius 1 is 0.889 bits per heavy atom. The van der Waals surface area contributed by atoms with Gasteiger partial charge in [0.05, 0.1) is 18.7 Å². The quantitative estimate of drug-likeness (QED) is 0.0859. The van der Waals surface area contributed by atoms with Crippen LogP contribution in [0.4, 0.5) is 0 Å². The molecule has 4 unspecified atom stereocenters. The molecule has 0 fully saturated rings. The molecule has 0 saturated heterocycles. The number of aliphatic carboxylic acids is 1. The largest absolute Gasteiger partial charge is 0.480 e. The summed E-state index contributed by atoms with van der Waals surface area (Å²) in [6.45, 7) is 0.404. The van der Waals surface area contributed by atoms with E-state index in [0.717, 1.165) is 0 Å². The summed E-state index contributed by atoms with van der Waals surface area (Å²) in [4.78, 5) is 63.5. The minimum atomic E-state index is -1.20. The van der Waals surface area contributed by atoms with Gasteiger partial charge in [0, 0.05) is 42.4 Å². The molecular formula is C21H33N9O5S. The molecule has 0 aliphatic heterocycles. The fourth-order valence-corrected chi connectivity index (χ4v) is 3.58. The number of carboxylic acids is 1. The molecule has 2 aromatic rings. The summed E-state index contributed by atoms with van der Waals surface area (Å²) in [6.07, 6.45) is 7.39. The fourth-order valence-electron chi connectivity index (χ4n) is 3.32.